The molecule has 4 rings (SSSR count). The Morgan fingerprint density at radius 2 is 1.79 bits per heavy atom. The minimum atomic E-state index is -0.646. The molecule has 1 saturated heterocycles. The number of aromatic nitrogens is 4. The molecule has 14 nitrogen and oxygen atoms in total. The molecule has 1 aromatic carbocycles. The highest BCUT2D eigenvalue weighted by Gasteiger charge is 2.22. The predicted octanol–water partition coefficient (Wildman–Crippen LogP) is 0.393. The zero-order valence-electron chi connectivity index (χ0n) is 23.3. The zero-order chi connectivity index (χ0) is 29.9. The van der Waals surface area contributed by atoms with E-state index in [1.54, 1.807) is 19.4 Å². The number of carbonyl (C=O) groups excluding carboxylic acids is 2. The summed E-state index contributed by atoms with van der Waals surface area (Å²) in [6.45, 7) is 4.59. The van der Waals surface area contributed by atoms with E-state index in [-0.39, 0.29) is 30.5 Å². The van der Waals surface area contributed by atoms with Gasteiger partial charge in [0.2, 0.25) is 17.8 Å². The highest BCUT2D eigenvalue weighted by molar-refractivity contribution is 6.30. The molecular weight excluding hydrogens is 564 g/mol. The summed E-state index contributed by atoms with van der Waals surface area (Å²) in [5.41, 5.74) is 6.83. The second-order valence-electron chi connectivity index (χ2n) is 9.59. The fourth-order valence-corrected chi connectivity index (χ4v) is 4.58. The number of primary amides is 1. The van der Waals surface area contributed by atoms with E-state index in [1.807, 2.05) is 18.2 Å². The molecule has 1 aliphatic heterocycles. The van der Waals surface area contributed by atoms with Gasteiger partial charge >= 0.3 is 0 Å². The number of hydrogen-bond acceptors (Lipinski definition) is 12. The van der Waals surface area contributed by atoms with Crippen molar-refractivity contribution in [1.29, 1.82) is 0 Å². The van der Waals surface area contributed by atoms with Crippen LogP contribution in [0, 0.1) is 0 Å². The molecule has 15 heteroatoms. The Morgan fingerprint density at radius 1 is 1.05 bits per heavy atom. The molecule has 0 spiro atoms. The Labute approximate surface area is 248 Å². The number of nitrogens with zero attached hydrogens (tertiary/aromatic N) is 6. The smallest absolute Gasteiger partial charge is 0.267 e. The molecule has 3 aromatic rings. The van der Waals surface area contributed by atoms with E-state index in [4.69, 9.17) is 22.1 Å². The Morgan fingerprint density at radius 3 is 2.52 bits per heavy atom. The number of piperazine rings is 1. The summed E-state index contributed by atoms with van der Waals surface area (Å²) < 4.78 is 5.48. The largest absolute Gasteiger partial charge is 0.495 e. The van der Waals surface area contributed by atoms with Gasteiger partial charge < -0.3 is 36.4 Å². The fraction of sp³-hybridized carbons (Fsp3) is 0.407. The van der Waals surface area contributed by atoms with E-state index in [0.717, 1.165) is 37.6 Å². The van der Waals surface area contributed by atoms with Gasteiger partial charge in [-0.25, -0.2) is 19.9 Å². The third-order valence-corrected chi connectivity index (χ3v) is 6.75. The van der Waals surface area contributed by atoms with Crippen molar-refractivity contribution in [2.75, 3.05) is 75.0 Å². The highest BCUT2D eigenvalue weighted by atomic mass is 35.5. The number of hydrogen-bond donors (Lipinski definition) is 5. The first kappa shape index (κ1) is 30.7. The van der Waals surface area contributed by atoms with Crippen molar-refractivity contribution in [2.45, 2.75) is 12.5 Å². The van der Waals surface area contributed by atoms with Crippen LogP contribution in [0.3, 0.4) is 0 Å². The van der Waals surface area contributed by atoms with Crippen molar-refractivity contribution in [2.24, 2.45) is 5.73 Å². The number of nitrogens with one attached hydrogen (secondary N) is 3. The van der Waals surface area contributed by atoms with Crippen molar-refractivity contribution in [3.63, 3.8) is 0 Å². The lowest BCUT2D eigenvalue weighted by Gasteiger charge is -2.37. The molecular formula is C27H35ClN10O4. The Balaban J connectivity index is 1.15. The molecule has 1 unspecified atom stereocenters. The second kappa shape index (κ2) is 15.1. The van der Waals surface area contributed by atoms with E-state index in [1.165, 1.54) is 12.3 Å². The van der Waals surface area contributed by atoms with Gasteiger partial charge in [0.1, 0.15) is 11.4 Å². The number of aliphatic hydroxyl groups is 1. The van der Waals surface area contributed by atoms with Crippen LogP contribution in [0.4, 0.5) is 17.6 Å². The van der Waals surface area contributed by atoms with Crippen molar-refractivity contribution in [3.8, 4) is 5.75 Å². The third kappa shape index (κ3) is 9.12. The molecule has 0 saturated carbocycles. The molecule has 3 heterocycles. The molecule has 2 amide bonds. The molecule has 6 N–H and O–H groups in total. The maximum Gasteiger partial charge on any atom is 0.267 e. The van der Waals surface area contributed by atoms with E-state index in [0.29, 0.717) is 36.3 Å². The minimum Gasteiger partial charge on any atom is -0.495 e. The quantitative estimate of drug-likeness (QED) is 0.161. The number of aliphatic hydroxyl groups excluding tert-OH is 1. The van der Waals surface area contributed by atoms with Crippen LogP contribution in [-0.2, 0) is 11.2 Å². The van der Waals surface area contributed by atoms with Crippen LogP contribution in [0.2, 0.25) is 5.02 Å². The van der Waals surface area contributed by atoms with Crippen molar-refractivity contribution < 1.29 is 19.4 Å². The number of β-amino-alcohol motifs (C(OH)–C–C–N with tert-alkyl or cyclic N) is 1. The lowest BCUT2D eigenvalue weighted by Crippen LogP contribution is -2.49. The zero-order valence-corrected chi connectivity index (χ0v) is 24.0. The average Bonchev–Trinajstić information content (AvgIpc) is 2.99. The molecule has 1 fully saturated rings. The Bertz CT molecular complexity index is 1360. The number of anilines is 3. The molecule has 1 aliphatic rings. The molecule has 42 heavy (non-hydrogen) atoms. The van der Waals surface area contributed by atoms with Crippen LogP contribution in [0.1, 0.15) is 16.2 Å². The van der Waals surface area contributed by atoms with Crippen LogP contribution in [-0.4, -0.2) is 107 Å². The third-order valence-electron chi connectivity index (χ3n) is 6.51. The van der Waals surface area contributed by atoms with Crippen LogP contribution in [0.25, 0.3) is 0 Å². The highest BCUT2D eigenvalue weighted by Crippen LogP contribution is 2.31. The van der Waals surface area contributed by atoms with Crippen molar-refractivity contribution >= 4 is 41.0 Å². The van der Waals surface area contributed by atoms with Gasteiger partial charge in [-0.15, -0.1) is 0 Å². The van der Waals surface area contributed by atoms with Crippen LogP contribution in [0.15, 0.2) is 42.7 Å². The van der Waals surface area contributed by atoms with Crippen LogP contribution >= 0.6 is 11.6 Å². The van der Waals surface area contributed by atoms with Gasteiger partial charge in [0, 0.05) is 69.8 Å². The number of rotatable bonds is 14. The number of ether oxygens (including phenoxy) is 1. The Hall–Kier alpha value is -4.27. The number of amides is 2. The van der Waals surface area contributed by atoms with E-state index < -0.39 is 12.0 Å². The predicted molar refractivity (Wildman–Crippen MR) is 159 cm³/mol. The number of methoxy groups -OCH3 is 1. The molecule has 0 aliphatic carbocycles. The van der Waals surface area contributed by atoms with Gasteiger partial charge in [0.25, 0.3) is 5.91 Å². The SMILES string of the molecule is COc1ccc(Cl)cc1N1CCN(CC(O)CNc2nccc(CC(=O)NCCNc3nccc(C(N)=O)n3)n2)CC1. The Kier molecular flexibility index (Phi) is 11.0. The maximum absolute atomic E-state index is 12.4. The van der Waals surface area contributed by atoms with Gasteiger partial charge in [0.15, 0.2) is 0 Å². The lowest BCUT2D eigenvalue weighted by atomic mass is 10.2. The monoisotopic (exact) mass is 598 g/mol. The lowest BCUT2D eigenvalue weighted by molar-refractivity contribution is -0.120. The molecule has 224 valence electrons. The van der Waals surface area contributed by atoms with E-state index in [9.17, 15) is 14.7 Å². The summed E-state index contributed by atoms with van der Waals surface area (Å²) in [6.07, 6.45) is 2.43. The van der Waals surface area contributed by atoms with Gasteiger partial charge in [-0.2, -0.15) is 0 Å². The summed E-state index contributed by atoms with van der Waals surface area (Å²) in [5.74, 6) is 0.504. The summed E-state index contributed by atoms with van der Waals surface area (Å²) >= 11 is 6.19. The van der Waals surface area contributed by atoms with Crippen molar-refractivity contribution in [3.05, 3.63) is 59.1 Å². The summed E-state index contributed by atoms with van der Waals surface area (Å²) in [5, 5.41) is 20.0. The number of nitrogens with two attached hydrogens (primary N) is 1. The molecule has 2 aromatic heterocycles. The van der Waals surface area contributed by atoms with Gasteiger partial charge in [-0.3, -0.25) is 14.5 Å². The van der Waals surface area contributed by atoms with Gasteiger partial charge in [-0.1, -0.05) is 11.6 Å². The summed E-state index contributed by atoms with van der Waals surface area (Å²) in [4.78, 5) is 44.6. The number of benzene rings is 1. The molecule has 0 bridgehead atoms. The van der Waals surface area contributed by atoms with Gasteiger partial charge in [0.05, 0.1) is 31.0 Å². The molecule has 0 radical (unpaired) electrons. The van der Waals surface area contributed by atoms with Gasteiger partial charge in [-0.05, 0) is 30.3 Å². The minimum absolute atomic E-state index is 0.0646. The van der Waals surface area contributed by atoms with Crippen LogP contribution in [0.5, 0.6) is 5.75 Å². The van der Waals surface area contributed by atoms with Crippen molar-refractivity contribution in [1.82, 2.24) is 30.2 Å². The maximum atomic E-state index is 12.4. The first-order valence-electron chi connectivity index (χ1n) is 13.5. The summed E-state index contributed by atoms with van der Waals surface area (Å²) in [7, 11) is 1.65. The first-order chi connectivity index (χ1) is 20.3. The average molecular weight is 599 g/mol. The molecule has 1 atom stereocenters. The topological polar surface area (TPSA) is 184 Å². The normalized spacial score (nSPS) is 14.2. The number of halogens is 1. The van der Waals surface area contributed by atoms with Crippen LogP contribution < -0.4 is 31.3 Å². The van der Waals surface area contributed by atoms with E-state index in [2.05, 4.69) is 45.7 Å². The summed E-state index contributed by atoms with van der Waals surface area (Å²) in [6, 6.07) is 8.67. The van der Waals surface area contributed by atoms with E-state index >= 15 is 0 Å². The second-order valence-corrected chi connectivity index (χ2v) is 10.0. The standard InChI is InChI=1S/C27H35ClN10O4/c1-42-23-3-2-18(28)14-22(23)38-12-10-37(11-13-38)17-20(39)16-34-27-31-6-4-19(35-27)15-24(40)30-8-9-33-26-32-7-5-21(36-26)25(29)41/h2-7,14,20,39H,8-13,15-17H2,1H3,(H2,29,41)(H,30,40)(H,31,34,35)(H,32,33,36). The first-order valence-corrected chi connectivity index (χ1v) is 13.9. The fourth-order valence-electron chi connectivity index (χ4n) is 4.42. The number of carbonyl (C=O) groups is 2.